The van der Waals surface area contributed by atoms with Crippen LogP contribution in [0.1, 0.15) is 89.5 Å². The first-order chi connectivity index (χ1) is 17.6. The number of alkyl carbamates (subject to hydrolysis) is 1. The van der Waals surface area contributed by atoms with Crippen molar-refractivity contribution in [1.82, 2.24) is 5.32 Å². The maximum Gasteiger partial charge on any atom is 0.407 e. The van der Waals surface area contributed by atoms with Crippen LogP contribution in [-0.4, -0.2) is 40.5 Å². The fourth-order valence-corrected chi connectivity index (χ4v) is 8.47. The van der Waals surface area contributed by atoms with Gasteiger partial charge in [-0.25, -0.2) is 9.59 Å². The van der Waals surface area contributed by atoms with Gasteiger partial charge in [0.25, 0.3) is 0 Å². The minimum Gasteiger partial charge on any atom is -0.481 e. The Hall–Kier alpha value is -2.61. The molecular weight excluding hydrogens is 474 g/mol. The first-order valence-electron chi connectivity index (χ1n) is 13.8. The highest BCUT2D eigenvalue weighted by Gasteiger charge is 2.66. The van der Waals surface area contributed by atoms with Gasteiger partial charge in [-0.1, -0.05) is 19.4 Å². The number of rotatable bonds is 6. The van der Waals surface area contributed by atoms with Gasteiger partial charge in [-0.15, -0.1) is 0 Å². The zero-order valence-electron chi connectivity index (χ0n) is 21.8. The van der Waals surface area contributed by atoms with E-state index in [1.54, 1.807) is 6.26 Å². The van der Waals surface area contributed by atoms with E-state index in [1.807, 2.05) is 6.07 Å². The van der Waals surface area contributed by atoms with Crippen LogP contribution in [-0.2, 0) is 9.53 Å². The van der Waals surface area contributed by atoms with Crippen molar-refractivity contribution in [3.05, 3.63) is 46.0 Å². The molecule has 3 fully saturated rings. The van der Waals surface area contributed by atoms with Gasteiger partial charge in [-0.05, 0) is 98.7 Å². The van der Waals surface area contributed by atoms with Crippen molar-refractivity contribution in [1.29, 1.82) is 0 Å². The summed E-state index contributed by atoms with van der Waals surface area (Å²) in [5, 5.41) is 23.7. The summed E-state index contributed by atoms with van der Waals surface area (Å²) in [6, 6.07) is 3.35. The highest BCUT2D eigenvalue weighted by atomic mass is 16.6. The van der Waals surface area contributed by atoms with Gasteiger partial charge < -0.3 is 24.7 Å². The molecule has 202 valence electrons. The number of carboxylic acid groups (broad SMARTS) is 1. The Labute approximate surface area is 217 Å². The molecule has 1 aromatic rings. The third-order valence-electron chi connectivity index (χ3n) is 10.5. The van der Waals surface area contributed by atoms with Crippen LogP contribution < -0.4 is 10.9 Å². The monoisotopic (exact) mass is 513 g/mol. The molecule has 1 amide bonds. The number of aliphatic carboxylic acids is 1. The van der Waals surface area contributed by atoms with Crippen LogP contribution in [0.25, 0.3) is 0 Å². The zero-order valence-corrected chi connectivity index (χ0v) is 21.8. The third kappa shape index (κ3) is 4.41. The first kappa shape index (κ1) is 26.0. The molecule has 4 aliphatic rings. The third-order valence-corrected chi connectivity index (χ3v) is 10.5. The molecule has 3 saturated carbocycles. The molecule has 0 saturated heterocycles. The van der Waals surface area contributed by atoms with Crippen LogP contribution >= 0.6 is 0 Å². The molecule has 0 unspecified atom stereocenters. The van der Waals surface area contributed by atoms with E-state index in [9.17, 15) is 19.5 Å². The van der Waals surface area contributed by atoms with E-state index < -0.39 is 17.7 Å². The molecule has 1 heterocycles. The number of aliphatic hydroxyl groups is 1. The Bertz CT molecular complexity index is 1120. The van der Waals surface area contributed by atoms with Crippen LogP contribution in [0.2, 0.25) is 0 Å². The lowest BCUT2D eigenvalue weighted by Crippen LogP contribution is -2.60. The second-order valence-electron chi connectivity index (χ2n) is 12.1. The van der Waals surface area contributed by atoms with Crippen molar-refractivity contribution in [3.63, 3.8) is 0 Å². The molecule has 0 radical (unpaired) electrons. The van der Waals surface area contributed by atoms with Gasteiger partial charge in [0.15, 0.2) is 0 Å². The fourth-order valence-electron chi connectivity index (χ4n) is 8.47. The molecule has 8 heteroatoms. The van der Waals surface area contributed by atoms with Crippen molar-refractivity contribution in [2.24, 2.45) is 22.7 Å². The van der Waals surface area contributed by atoms with Crippen molar-refractivity contribution in [2.75, 3.05) is 6.54 Å². The van der Waals surface area contributed by atoms with Crippen LogP contribution in [0.3, 0.4) is 0 Å². The average Bonchev–Trinajstić information content (AvgIpc) is 3.14. The predicted octanol–water partition coefficient (Wildman–Crippen LogP) is 4.76. The molecule has 5 rings (SSSR count). The molecule has 8 nitrogen and oxygen atoms in total. The zero-order chi connectivity index (χ0) is 26.4. The van der Waals surface area contributed by atoms with E-state index in [4.69, 9.17) is 14.3 Å². The van der Waals surface area contributed by atoms with E-state index in [2.05, 4.69) is 25.2 Å². The minimum atomic E-state index is -0.878. The number of hydrogen-bond donors (Lipinski definition) is 3. The van der Waals surface area contributed by atoms with Crippen LogP contribution in [0.5, 0.6) is 0 Å². The minimum absolute atomic E-state index is 0.0164. The summed E-state index contributed by atoms with van der Waals surface area (Å²) in [5.74, 6) is -0.116. The van der Waals surface area contributed by atoms with E-state index in [-0.39, 0.29) is 47.4 Å². The molecular formula is C29H39NO7. The summed E-state index contributed by atoms with van der Waals surface area (Å²) in [7, 11) is 0. The van der Waals surface area contributed by atoms with Crippen molar-refractivity contribution >= 4 is 12.1 Å². The average molecular weight is 514 g/mol. The topological polar surface area (TPSA) is 126 Å². The molecule has 4 aliphatic carbocycles. The second kappa shape index (κ2) is 9.61. The van der Waals surface area contributed by atoms with E-state index >= 15 is 0 Å². The van der Waals surface area contributed by atoms with Gasteiger partial charge >= 0.3 is 17.7 Å². The molecule has 7 atom stereocenters. The van der Waals surface area contributed by atoms with Gasteiger partial charge in [0, 0.05) is 24.4 Å². The van der Waals surface area contributed by atoms with E-state index in [1.165, 1.54) is 11.6 Å². The summed E-state index contributed by atoms with van der Waals surface area (Å²) in [4.78, 5) is 34.4. The van der Waals surface area contributed by atoms with Crippen LogP contribution in [0.15, 0.2) is 39.3 Å². The number of nitrogens with one attached hydrogen (secondary N) is 1. The summed E-state index contributed by atoms with van der Waals surface area (Å²) >= 11 is 0. The highest BCUT2D eigenvalue weighted by Crippen LogP contribution is 2.70. The van der Waals surface area contributed by atoms with Crippen molar-refractivity contribution in [2.45, 2.75) is 95.7 Å². The Morgan fingerprint density at radius 1 is 1.11 bits per heavy atom. The standard InChI is InChI=1S/C29H39NO7/c1-27-12-9-20(37-26(34)30-15-3-4-24(31)32)16-19(27)6-7-23-22(27)10-13-28(2)21(11-14-29(23,28)35)18-5-8-25(33)36-17-18/h5,8,16-17,20-23,35H,3-4,6-7,9-15H2,1-2H3,(H,30,34)(H,31,32)/t20-,21+,22-,23+,27-,28+,29-/m0/s1. The summed E-state index contributed by atoms with van der Waals surface area (Å²) < 4.78 is 10.8. The van der Waals surface area contributed by atoms with Gasteiger partial charge in [-0.3, -0.25) is 4.79 Å². The lowest BCUT2D eigenvalue weighted by Gasteiger charge is -2.61. The second-order valence-corrected chi connectivity index (χ2v) is 12.1. The number of carbonyl (C=O) groups excluding carboxylic acids is 1. The van der Waals surface area contributed by atoms with Crippen LogP contribution in [0, 0.1) is 22.7 Å². The Kier molecular flexibility index (Phi) is 6.75. The molecule has 1 aromatic heterocycles. The summed E-state index contributed by atoms with van der Waals surface area (Å²) in [6.45, 7) is 4.85. The summed E-state index contributed by atoms with van der Waals surface area (Å²) in [5.41, 5.74) is 0.975. The normalized spacial score (nSPS) is 38.5. The van der Waals surface area contributed by atoms with Gasteiger partial charge in [0.05, 0.1) is 11.9 Å². The maximum atomic E-state index is 12.3. The van der Waals surface area contributed by atoms with Gasteiger partial charge in [0.2, 0.25) is 0 Å². The number of fused-ring (bicyclic) bond motifs is 5. The Balaban J connectivity index is 1.28. The number of allylic oxidation sites excluding steroid dienone is 1. The van der Waals surface area contributed by atoms with E-state index in [0.717, 1.165) is 56.9 Å². The van der Waals surface area contributed by atoms with Gasteiger partial charge in [0.1, 0.15) is 6.10 Å². The number of carbonyl (C=O) groups is 2. The Morgan fingerprint density at radius 3 is 2.65 bits per heavy atom. The Morgan fingerprint density at radius 2 is 1.92 bits per heavy atom. The van der Waals surface area contributed by atoms with Crippen molar-refractivity contribution < 1.29 is 29.0 Å². The number of ether oxygens (including phenoxy) is 1. The fraction of sp³-hybridized carbons (Fsp3) is 0.690. The molecule has 37 heavy (non-hydrogen) atoms. The predicted molar refractivity (Wildman–Crippen MR) is 136 cm³/mol. The molecule has 0 spiro atoms. The molecule has 0 bridgehead atoms. The van der Waals surface area contributed by atoms with Crippen LogP contribution in [0.4, 0.5) is 4.79 Å². The number of amides is 1. The number of carboxylic acids is 1. The van der Waals surface area contributed by atoms with Crippen molar-refractivity contribution in [3.8, 4) is 0 Å². The highest BCUT2D eigenvalue weighted by molar-refractivity contribution is 5.68. The first-order valence-corrected chi connectivity index (χ1v) is 13.8. The lowest BCUT2D eigenvalue weighted by atomic mass is 9.45. The summed E-state index contributed by atoms with van der Waals surface area (Å²) in [6.07, 6.45) is 10.4. The smallest absolute Gasteiger partial charge is 0.407 e. The van der Waals surface area contributed by atoms with E-state index in [0.29, 0.717) is 12.3 Å². The molecule has 0 aromatic carbocycles. The quantitative estimate of drug-likeness (QED) is 0.370. The molecule has 3 N–H and O–H groups in total. The van der Waals surface area contributed by atoms with Gasteiger partial charge in [-0.2, -0.15) is 0 Å². The largest absolute Gasteiger partial charge is 0.481 e. The number of hydrogen-bond acceptors (Lipinski definition) is 6. The lowest BCUT2D eigenvalue weighted by molar-refractivity contribution is -0.178. The maximum absolute atomic E-state index is 12.3. The SMILES string of the molecule is C[C@]12CC[C@H](OC(=O)NCCCC(=O)O)C=C1CC[C@@H]1[C@@H]2CC[C@]2(C)[C@@H](c3ccc(=O)oc3)CC[C@]12O. The molecule has 0 aliphatic heterocycles.